The molecule has 0 saturated carbocycles. The summed E-state index contributed by atoms with van der Waals surface area (Å²) in [5.74, 6) is -0.512. The number of nitrogens with zero attached hydrogens (tertiary/aromatic N) is 5. The number of hydrogen-bond donors (Lipinski definition) is 0. The predicted molar refractivity (Wildman–Crippen MR) is 100 cm³/mol. The molecular weight excluding hydrogens is 361 g/mol. The van der Waals surface area contributed by atoms with Gasteiger partial charge in [-0.25, -0.2) is 8.91 Å². The molecule has 140 valence electrons. The Labute approximate surface area is 158 Å². The Morgan fingerprint density at radius 3 is 2.82 bits per heavy atom. The average molecular weight is 377 g/mol. The largest absolute Gasteiger partial charge is 0.332 e. The van der Waals surface area contributed by atoms with Crippen LogP contribution in [0.4, 0.5) is 4.39 Å². The van der Waals surface area contributed by atoms with Crippen molar-refractivity contribution in [3.05, 3.63) is 76.2 Å². The molecule has 0 radical (unpaired) electrons. The van der Waals surface area contributed by atoms with Crippen molar-refractivity contribution in [2.45, 2.75) is 26.1 Å². The van der Waals surface area contributed by atoms with Gasteiger partial charge in [0, 0.05) is 25.7 Å². The minimum absolute atomic E-state index is 0.0668. The Hall–Kier alpha value is -3.55. The first kappa shape index (κ1) is 16.6. The molecule has 0 spiro atoms. The highest BCUT2D eigenvalue weighted by Gasteiger charge is 2.24. The van der Waals surface area contributed by atoms with E-state index in [4.69, 9.17) is 0 Å². The summed E-state index contributed by atoms with van der Waals surface area (Å²) in [7, 11) is 0. The number of amides is 1. The number of hydrogen-bond acceptors (Lipinski definition) is 4. The van der Waals surface area contributed by atoms with Gasteiger partial charge in [-0.1, -0.05) is 6.07 Å². The Bertz CT molecular complexity index is 1270. The number of fused-ring (bicyclic) bond motifs is 4. The van der Waals surface area contributed by atoms with Crippen LogP contribution in [0.15, 0.2) is 53.6 Å². The van der Waals surface area contributed by atoms with Crippen LogP contribution >= 0.6 is 0 Å². The number of aryl methyl sites for hydroxylation is 1. The summed E-state index contributed by atoms with van der Waals surface area (Å²) in [6, 6.07) is 9.66. The number of rotatable bonds is 3. The summed E-state index contributed by atoms with van der Waals surface area (Å²) in [4.78, 5) is 31.6. The zero-order valence-electron chi connectivity index (χ0n) is 14.9. The fourth-order valence-electron chi connectivity index (χ4n) is 3.76. The smallest absolute Gasteiger partial charge is 0.277 e. The maximum atomic E-state index is 13.8. The molecule has 0 atom stereocenters. The lowest BCUT2D eigenvalue weighted by Crippen LogP contribution is -2.29. The van der Waals surface area contributed by atoms with Crippen molar-refractivity contribution in [2.75, 3.05) is 0 Å². The van der Waals surface area contributed by atoms with Crippen LogP contribution in [0.2, 0.25) is 0 Å². The molecule has 1 amide bonds. The van der Waals surface area contributed by atoms with Gasteiger partial charge in [0.25, 0.3) is 5.56 Å². The van der Waals surface area contributed by atoms with Crippen LogP contribution in [0.1, 0.15) is 17.7 Å². The standard InChI is InChI=1S/C20H16FN5O2/c21-14-3-4-16-18(10-14)25(20(28)17-5-8-23-26(16)17)9-6-19(27)24-11-13-2-1-7-22-15(13)12-24/h1-5,7-8,10H,6,9,11-12H2. The molecule has 4 aromatic rings. The molecule has 1 aromatic carbocycles. The number of aromatic nitrogens is 4. The van der Waals surface area contributed by atoms with Crippen LogP contribution in [0.3, 0.4) is 0 Å². The molecule has 0 N–H and O–H groups in total. The number of benzene rings is 1. The molecule has 3 aromatic heterocycles. The Morgan fingerprint density at radius 1 is 1.07 bits per heavy atom. The van der Waals surface area contributed by atoms with Gasteiger partial charge in [-0.3, -0.25) is 14.6 Å². The molecule has 0 fully saturated rings. The van der Waals surface area contributed by atoms with Crippen LogP contribution < -0.4 is 5.56 Å². The lowest BCUT2D eigenvalue weighted by molar-refractivity contribution is -0.132. The molecule has 0 saturated heterocycles. The zero-order valence-corrected chi connectivity index (χ0v) is 14.9. The third kappa shape index (κ3) is 2.57. The molecule has 28 heavy (non-hydrogen) atoms. The van der Waals surface area contributed by atoms with E-state index in [0.717, 1.165) is 11.3 Å². The first-order valence-corrected chi connectivity index (χ1v) is 8.98. The lowest BCUT2D eigenvalue weighted by Gasteiger charge is -2.17. The van der Waals surface area contributed by atoms with Gasteiger partial charge < -0.3 is 9.47 Å². The van der Waals surface area contributed by atoms with Crippen molar-refractivity contribution in [3.8, 4) is 0 Å². The van der Waals surface area contributed by atoms with E-state index >= 15 is 0 Å². The van der Waals surface area contributed by atoms with Gasteiger partial charge in [-0.2, -0.15) is 5.10 Å². The summed E-state index contributed by atoms with van der Waals surface area (Å²) in [6.07, 6.45) is 3.39. The molecule has 4 heterocycles. The highest BCUT2D eigenvalue weighted by molar-refractivity contribution is 5.80. The number of carbonyl (C=O) groups is 1. The van der Waals surface area contributed by atoms with Gasteiger partial charge in [-0.05, 0) is 35.9 Å². The van der Waals surface area contributed by atoms with E-state index in [-0.39, 0.29) is 24.4 Å². The van der Waals surface area contributed by atoms with E-state index in [2.05, 4.69) is 10.1 Å². The molecule has 1 aliphatic rings. The van der Waals surface area contributed by atoms with Crippen LogP contribution in [0.5, 0.6) is 0 Å². The average Bonchev–Trinajstić information content (AvgIpc) is 3.35. The maximum Gasteiger partial charge on any atom is 0.277 e. The highest BCUT2D eigenvalue weighted by atomic mass is 19.1. The highest BCUT2D eigenvalue weighted by Crippen LogP contribution is 2.21. The SMILES string of the molecule is O=C(CCn1c(=O)c2ccnn2c2ccc(F)cc21)N1Cc2cccnc2C1. The summed E-state index contributed by atoms with van der Waals surface area (Å²) in [5, 5.41) is 4.16. The Morgan fingerprint density at radius 2 is 1.96 bits per heavy atom. The van der Waals surface area contributed by atoms with Gasteiger partial charge in [-0.15, -0.1) is 0 Å². The van der Waals surface area contributed by atoms with Crippen molar-refractivity contribution in [1.82, 2.24) is 24.1 Å². The van der Waals surface area contributed by atoms with Crippen molar-refractivity contribution in [1.29, 1.82) is 0 Å². The second-order valence-electron chi connectivity index (χ2n) is 6.83. The molecule has 0 unspecified atom stereocenters. The van der Waals surface area contributed by atoms with E-state index in [1.165, 1.54) is 27.4 Å². The Balaban J connectivity index is 1.46. The summed E-state index contributed by atoms with van der Waals surface area (Å²) < 4.78 is 16.8. The second kappa shape index (κ2) is 6.26. The number of halogens is 1. The fourth-order valence-corrected chi connectivity index (χ4v) is 3.76. The molecule has 1 aliphatic heterocycles. The summed E-state index contributed by atoms with van der Waals surface area (Å²) in [6.45, 7) is 1.16. The quantitative estimate of drug-likeness (QED) is 0.548. The Kier molecular flexibility index (Phi) is 3.71. The number of pyridine rings is 1. The van der Waals surface area contributed by atoms with Crippen molar-refractivity contribution < 1.29 is 9.18 Å². The van der Waals surface area contributed by atoms with Gasteiger partial charge >= 0.3 is 0 Å². The molecule has 8 heteroatoms. The predicted octanol–water partition coefficient (Wildman–Crippen LogP) is 2.12. The normalized spacial score (nSPS) is 13.4. The van der Waals surface area contributed by atoms with Crippen molar-refractivity contribution in [3.63, 3.8) is 0 Å². The third-order valence-electron chi connectivity index (χ3n) is 5.15. The third-order valence-corrected chi connectivity index (χ3v) is 5.15. The fraction of sp³-hybridized carbons (Fsp3) is 0.200. The number of carbonyl (C=O) groups excluding carboxylic acids is 1. The van der Waals surface area contributed by atoms with Gasteiger partial charge in [0.15, 0.2) is 0 Å². The molecule has 7 nitrogen and oxygen atoms in total. The zero-order chi connectivity index (χ0) is 19.3. The molecular formula is C20H16FN5O2. The first-order valence-electron chi connectivity index (χ1n) is 8.98. The second-order valence-corrected chi connectivity index (χ2v) is 6.83. The molecule has 0 bridgehead atoms. The van der Waals surface area contributed by atoms with Crippen molar-refractivity contribution >= 4 is 22.5 Å². The van der Waals surface area contributed by atoms with E-state index < -0.39 is 5.82 Å². The van der Waals surface area contributed by atoms with Crippen LogP contribution in [0, 0.1) is 5.82 Å². The maximum absolute atomic E-state index is 13.8. The minimum Gasteiger partial charge on any atom is -0.332 e. The van der Waals surface area contributed by atoms with E-state index in [9.17, 15) is 14.0 Å². The lowest BCUT2D eigenvalue weighted by atomic mass is 10.2. The van der Waals surface area contributed by atoms with E-state index in [1.54, 1.807) is 23.2 Å². The van der Waals surface area contributed by atoms with Gasteiger partial charge in [0.1, 0.15) is 11.3 Å². The van der Waals surface area contributed by atoms with Crippen LogP contribution in [0.25, 0.3) is 16.6 Å². The van der Waals surface area contributed by atoms with E-state index in [0.29, 0.717) is 29.6 Å². The first-order chi connectivity index (χ1) is 13.6. The van der Waals surface area contributed by atoms with Crippen LogP contribution in [-0.4, -0.2) is 30.0 Å². The molecule has 0 aliphatic carbocycles. The van der Waals surface area contributed by atoms with Crippen LogP contribution in [-0.2, 0) is 24.4 Å². The van der Waals surface area contributed by atoms with Crippen molar-refractivity contribution in [2.24, 2.45) is 0 Å². The van der Waals surface area contributed by atoms with E-state index in [1.807, 2.05) is 12.1 Å². The summed E-state index contributed by atoms with van der Waals surface area (Å²) in [5.41, 5.74) is 3.08. The minimum atomic E-state index is -0.445. The molecule has 5 rings (SSSR count). The monoisotopic (exact) mass is 377 g/mol. The van der Waals surface area contributed by atoms with Gasteiger partial charge in [0.2, 0.25) is 5.91 Å². The summed E-state index contributed by atoms with van der Waals surface area (Å²) >= 11 is 0. The van der Waals surface area contributed by atoms with Gasteiger partial charge in [0.05, 0.1) is 29.5 Å². The topological polar surface area (TPSA) is 72.5 Å².